The summed E-state index contributed by atoms with van der Waals surface area (Å²) in [6, 6.07) is 0. The maximum atomic E-state index is 4.33. The monoisotopic (exact) mass is 278 g/mol. The lowest BCUT2D eigenvalue weighted by atomic mass is 10.2. The van der Waals surface area contributed by atoms with E-state index in [-0.39, 0.29) is 0 Å². The molecule has 0 amide bonds. The largest absolute Gasteiger partial charge is 0.213 e. The molecular formula is C8H11BrN2S2. The molecule has 0 spiro atoms. The third-order valence-corrected chi connectivity index (χ3v) is 5.72. The molecule has 1 aliphatic rings. The van der Waals surface area contributed by atoms with Gasteiger partial charge in [0, 0.05) is 11.1 Å². The molecule has 0 unspecified atom stereocenters. The summed E-state index contributed by atoms with van der Waals surface area (Å²) in [5, 5.41) is 1.13. The van der Waals surface area contributed by atoms with E-state index in [0.717, 1.165) is 15.5 Å². The van der Waals surface area contributed by atoms with Crippen molar-refractivity contribution in [3.8, 4) is 0 Å². The molecule has 1 heterocycles. The zero-order valence-corrected chi connectivity index (χ0v) is 10.6. The van der Waals surface area contributed by atoms with Crippen molar-refractivity contribution in [2.45, 2.75) is 24.1 Å². The lowest BCUT2D eigenvalue weighted by Gasteiger charge is -2.07. The highest BCUT2D eigenvalue weighted by molar-refractivity contribution is 9.09. The summed E-state index contributed by atoms with van der Waals surface area (Å²) in [4.78, 5) is 4.33. The van der Waals surface area contributed by atoms with Gasteiger partial charge in [-0.1, -0.05) is 27.7 Å². The Morgan fingerprint density at radius 3 is 2.85 bits per heavy atom. The van der Waals surface area contributed by atoms with Crippen molar-refractivity contribution in [1.82, 2.24) is 9.36 Å². The minimum Gasteiger partial charge on any atom is -0.213 e. The van der Waals surface area contributed by atoms with Crippen LogP contribution in [-0.4, -0.2) is 20.4 Å². The number of rotatable bonds is 4. The third-order valence-electron chi connectivity index (χ3n) is 2.25. The van der Waals surface area contributed by atoms with Crippen LogP contribution in [0.5, 0.6) is 0 Å². The molecular weight excluding hydrogens is 268 g/mol. The van der Waals surface area contributed by atoms with Crippen LogP contribution < -0.4 is 0 Å². The van der Waals surface area contributed by atoms with Crippen LogP contribution in [0.1, 0.15) is 18.7 Å². The number of nitrogens with zero attached hydrogens (tertiary/aromatic N) is 2. The number of hydrogen-bond donors (Lipinski definition) is 0. The normalized spacial score (nSPS) is 18.9. The minimum atomic E-state index is 0.574. The van der Waals surface area contributed by atoms with E-state index in [1.54, 1.807) is 0 Å². The summed E-state index contributed by atoms with van der Waals surface area (Å²) in [7, 11) is 0. The van der Waals surface area contributed by atoms with Crippen molar-refractivity contribution in [3.63, 3.8) is 0 Å². The van der Waals surface area contributed by atoms with Crippen LogP contribution in [-0.2, 0) is 0 Å². The average molecular weight is 279 g/mol. The van der Waals surface area contributed by atoms with Crippen molar-refractivity contribution < 1.29 is 0 Å². The molecule has 5 heteroatoms. The zero-order chi connectivity index (χ0) is 9.31. The lowest BCUT2D eigenvalue weighted by Crippen LogP contribution is -2.04. The summed E-state index contributed by atoms with van der Waals surface area (Å²) in [6.07, 6.45) is 2.73. The van der Waals surface area contributed by atoms with Crippen molar-refractivity contribution in [2.24, 2.45) is 5.41 Å². The molecule has 1 aromatic rings. The number of aromatic nitrogens is 2. The molecule has 0 aromatic carbocycles. The summed E-state index contributed by atoms with van der Waals surface area (Å²) in [5.74, 6) is 2.09. The molecule has 1 aromatic heterocycles. The van der Waals surface area contributed by atoms with Gasteiger partial charge in [0.05, 0.1) is 0 Å². The molecule has 1 fully saturated rings. The fourth-order valence-electron chi connectivity index (χ4n) is 1.04. The van der Waals surface area contributed by atoms with Crippen molar-refractivity contribution >= 4 is 39.2 Å². The fourth-order valence-corrected chi connectivity index (χ4v) is 4.01. The van der Waals surface area contributed by atoms with Gasteiger partial charge >= 0.3 is 0 Å². The van der Waals surface area contributed by atoms with E-state index in [2.05, 4.69) is 25.3 Å². The first-order valence-corrected chi connectivity index (χ1v) is 7.11. The molecule has 0 N–H and O–H groups in total. The third kappa shape index (κ3) is 2.44. The number of alkyl halides is 1. The predicted octanol–water partition coefficient (Wildman–Crippen LogP) is 3.11. The van der Waals surface area contributed by atoms with Crippen LogP contribution in [0.4, 0.5) is 0 Å². The van der Waals surface area contributed by atoms with Gasteiger partial charge < -0.3 is 0 Å². The van der Waals surface area contributed by atoms with E-state index in [0.29, 0.717) is 5.41 Å². The predicted molar refractivity (Wildman–Crippen MR) is 60.8 cm³/mol. The van der Waals surface area contributed by atoms with Gasteiger partial charge in [-0.3, -0.25) is 0 Å². The van der Waals surface area contributed by atoms with Crippen LogP contribution in [0, 0.1) is 12.3 Å². The molecule has 0 atom stereocenters. The second kappa shape index (κ2) is 3.87. The second-order valence-electron chi connectivity index (χ2n) is 3.53. The fraction of sp³-hybridized carbons (Fsp3) is 0.750. The van der Waals surface area contributed by atoms with Crippen LogP contribution in [0.15, 0.2) is 4.34 Å². The maximum Gasteiger partial charge on any atom is 0.170 e. The summed E-state index contributed by atoms with van der Waals surface area (Å²) in [5.41, 5.74) is 0.574. The SMILES string of the molecule is Cc1nsc(SCC2(CBr)CC2)n1. The standard InChI is InChI=1S/C8H11BrN2S2/c1-6-10-7(13-11-6)12-5-8(4-9)2-3-8/h2-5H2,1H3. The summed E-state index contributed by atoms with van der Waals surface area (Å²) >= 11 is 6.93. The molecule has 0 radical (unpaired) electrons. The van der Waals surface area contributed by atoms with E-state index in [9.17, 15) is 0 Å². The Labute approximate surface area is 94.8 Å². The minimum absolute atomic E-state index is 0.574. The molecule has 2 nitrogen and oxygen atoms in total. The first kappa shape index (κ1) is 9.93. The van der Waals surface area contributed by atoms with Gasteiger partial charge in [-0.25, -0.2) is 4.98 Å². The van der Waals surface area contributed by atoms with Gasteiger partial charge in [-0.05, 0) is 36.7 Å². The lowest BCUT2D eigenvalue weighted by molar-refractivity contribution is 0.686. The second-order valence-corrected chi connectivity index (χ2v) is 6.06. The van der Waals surface area contributed by atoms with Crippen LogP contribution in [0.25, 0.3) is 0 Å². The van der Waals surface area contributed by atoms with Crippen LogP contribution >= 0.6 is 39.2 Å². The van der Waals surface area contributed by atoms with Crippen molar-refractivity contribution in [2.75, 3.05) is 11.1 Å². The molecule has 72 valence electrons. The van der Waals surface area contributed by atoms with E-state index >= 15 is 0 Å². The molecule has 0 saturated heterocycles. The quantitative estimate of drug-likeness (QED) is 0.625. The Bertz CT molecular complexity index is 296. The number of thioether (sulfide) groups is 1. The Hall–Kier alpha value is 0.390. The summed E-state index contributed by atoms with van der Waals surface area (Å²) in [6.45, 7) is 1.94. The van der Waals surface area contributed by atoms with Gasteiger partial charge in [0.1, 0.15) is 5.82 Å². The number of aryl methyl sites for hydroxylation is 1. The highest BCUT2D eigenvalue weighted by Gasteiger charge is 2.41. The average Bonchev–Trinajstić information content (AvgIpc) is 2.81. The zero-order valence-electron chi connectivity index (χ0n) is 7.42. The van der Waals surface area contributed by atoms with Gasteiger partial charge in [-0.15, -0.1) is 0 Å². The van der Waals surface area contributed by atoms with Crippen molar-refractivity contribution in [3.05, 3.63) is 5.82 Å². The van der Waals surface area contributed by atoms with Gasteiger partial charge in [-0.2, -0.15) is 4.37 Å². The van der Waals surface area contributed by atoms with Crippen molar-refractivity contribution in [1.29, 1.82) is 0 Å². The highest BCUT2D eigenvalue weighted by atomic mass is 79.9. The highest BCUT2D eigenvalue weighted by Crippen LogP contribution is 2.50. The topological polar surface area (TPSA) is 25.8 Å². The van der Waals surface area contributed by atoms with Crippen LogP contribution in [0.3, 0.4) is 0 Å². The Kier molecular flexibility index (Phi) is 2.95. The van der Waals surface area contributed by atoms with E-state index in [1.165, 1.54) is 30.1 Å². The molecule has 2 rings (SSSR count). The number of hydrogen-bond acceptors (Lipinski definition) is 4. The van der Waals surface area contributed by atoms with Crippen LogP contribution in [0.2, 0.25) is 0 Å². The van der Waals surface area contributed by atoms with E-state index in [4.69, 9.17) is 0 Å². The Morgan fingerprint density at radius 2 is 2.38 bits per heavy atom. The Morgan fingerprint density at radius 1 is 1.62 bits per heavy atom. The van der Waals surface area contributed by atoms with Gasteiger partial charge in [0.15, 0.2) is 4.34 Å². The molecule has 13 heavy (non-hydrogen) atoms. The number of halogens is 1. The van der Waals surface area contributed by atoms with E-state index < -0.39 is 0 Å². The van der Waals surface area contributed by atoms with Gasteiger partial charge in [0.2, 0.25) is 0 Å². The smallest absolute Gasteiger partial charge is 0.170 e. The molecule has 0 bridgehead atoms. The Balaban J connectivity index is 1.86. The summed E-state index contributed by atoms with van der Waals surface area (Å²) < 4.78 is 5.28. The first-order chi connectivity index (χ1) is 6.24. The molecule has 0 aliphatic heterocycles. The maximum absolute atomic E-state index is 4.33. The van der Waals surface area contributed by atoms with E-state index in [1.807, 2.05) is 18.7 Å². The first-order valence-electron chi connectivity index (χ1n) is 4.23. The molecule has 1 aliphatic carbocycles. The van der Waals surface area contributed by atoms with Gasteiger partial charge in [0.25, 0.3) is 0 Å². The molecule has 1 saturated carbocycles.